The molecule has 1 aliphatic heterocycles. The van der Waals surface area contributed by atoms with Gasteiger partial charge < -0.3 is 10.0 Å². The number of halogens is 1. The molecule has 1 fully saturated rings. The zero-order valence-corrected chi connectivity index (χ0v) is 12.7. The number of rotatable bonds is 1. The lowest BCUT2D eigenvalue weighted by molar-refractivity contribution is 0.0709. The number of amides is 1. The van der Waals surface area contributed by atoms with E-state index in [1.54, 1.807) is 13.0 Å². The topological polar surface area (TPSA) is 74.7 Å². The van der Waals surface area contributed by atoms with Gasteiger partial charge in [-0.3, -0.25) is 4.79 Å². The van der Waals surface area contributed by atoms with E-state index in [1.807, 2.05) is 0 Å². The first kappa shape index (κ1) is 14.3. The number of phenols is 1. The van der Waals surface area contributed by atoms with Crippen LogP contribution in [0.5, 0.6) is 5.75 Å². The van der Waals surface area contributed by atoms with Gasteiger partial charge in [0.15, 0.2) is 9.84 Å². The van der Waals surface area contributed by atoms with Crippen molar-refractivity contribution >= 4 is 31.7 Å². The molecule has 0 spiro atoms. The normalized spacial score (nSPS) is 22.2. The number of phenolic OH excluding ortho intramolecular Hbond substituents is 1. The van der Waals surface area contributed by atoms with E-state index in [0.29, 0.717) is 4.47 Å². The zero-order chi connectivity index (χ0) is 14.2. The second kappa shape index (κ2) is 5.13. The molecule has 1 saturated heterocycles. The van der Waals surface area contributed by atoms with Gasteiger partial charge in [-0.05, 0) is 25.1 Å². The van der Waals surface area contributed by atoms with Crippen LogP contribution in [0.4, 0.5) is 0 Å². The molecule has 1 N–H and O–H groups in total. The van der Waals surface area contributed by atoms with E-state index in [4.69, 9.17) is 0 Å². The molecule has 1 aromatic rings. The minimum absolute atomic E-state index is 0.0274. The number of carbonyl (C=O) groups is 1. The quantitative estimate of drug-likeness (QED) is 0.833. The lowest BCUT2D eigenvalue weighted by Crippen LogP contribution is -2.49. The van der Waals surface area contributed by atoms with Crippen molar-refractivity contribution < 1.29 is 18.3 Å². The van der Waals surface area contributed by atoms with Gasteiger partial charge in [-0.1, -0.05) is 15.9 Å². The van der Waals surface area contributed by atoms with Crippen LogP contribution in [0.1, 0.15) is 17.3 Å². The fourth-order valence-electron chi connectivity index (χ4n) is 2.14. The van der Waals surface area contributed by atoms with Gasteiger partial charge in [-0.2, -0.15) is 0 Å². The Morgan fingerprint density at radius 3 is 2.74 bits per heavy atom. The summed E-state index contributed by atoms with van der Waals surface area (Å²) in [5, 5.41) is 9.79. The van der Waals surface area contributed by atoms with Gasteiger partial charge in [-0.15, -0.1) is 0 Å². The molecule has 0 saturated carbocycles. The molecule has 0 radical (unpaired) electrons. The molecule has 19 heavy (non-hydrogen) atoms. The first-order valence-electron chi connectivity index (χ1n) is 5.80. The van der Waals surface area contributed by atoms with E-state index in [2.05, 4.69) is 15.9 Å². The van der Waals surface area contributed by atoms with Gasteiger partial charge >= 0.3 is 0 Å². The van der Waals surface area contributed by atoms with Crippen molar-refractivity contribution in [3.63, 3.8) is 0 Å². The van der Waals surface area contributed by atoms with Crippen molar-refractivity contribution in [2.75, 3.05) is 18.1 Å². The average molecular weight is 348 g/mol. The van der Waals surface area contributed by atoms with Gasteiger partial charge in [0.1, 0.15) is 5.75 Å². The molecule has 0 aromatic heterocycles. The smallest absolute Gasteiger partial charge is 0.257 e. The maximum absolute atomic E-state index is 12.3. The summed E-state index contributed by atoms with van der Waals surface area (Å²) in [6.45, 7) is 1.86. The number of aromatic hydroxyl groups is 1. The van der Waals surface area contributed by atoms with Gasteiger partial charge in [0.25, 0.3) is 5.91 Å². The van der Waals surface area contributed by atoms with Crippen LogP contribution in [0.25, 0.3) is 0 Å². The molecule has 104 valence electrons. The van der Waals surface area contributed by atoms with Gasteiger partial charge in [-0.25, -0.2) is 8.42 Å². The average Bonchev–Trinajstić information content (AvgIpc) is 2.26. The van der Waals surface area contributed by atoms with Crippen LogP contribution in [0, 0.1) is 0 Å². The number of nitrogens with zero attached hydrogens (tertiary/aromatic N) is 1. The van der Waals surface area contributed by atoms with Gasteiger partial charge in [0, 0.05) is 17.1 Å². The standard InChI is InChI=1S/C12H14BrNO4S/c1-8-7-19(17,18)5-4-14(8)12(16)10-3-2-9(13)6-11(10)15/h2-3,6,8,15H,4-5,7H2,1H3. The summed E-state index contributed by atoms with van der Waals surface area (Å²) in [4.78, 5) is 13.8. The lowest BCUT2D eigenvalue weighted by atomic mass is 10.1. The third-order valence-electron chi connectivity index (χ3n) is 3.12. The van der Waals surface area contributed by atoms with Crippen molar-refractivity contribution in [1.82, 2.24) is 4.90 Å². The molecule has 5 nitrogen and oxygen atoms in total. The maximum atomic E-state index is 12.3. The van der Waals surface area contributed by atoms with E-state index in [-0.39, 0.29) is 41.3 Å². The van der Waals surface area contributed by atoms with E-state index in [0.717, 1.165) is 0 Å². The molecule has 1 atom stereocenters. The highest BCUT2D eigenvalue weighted by Crippen LogP contribution is 2.25. The number of carbonyl (C=O) groups excluding carboxylic acids is 1. The molecule has 1 heterocycles. The van der Waals surface area contributed by atoms with Gasteiger partial charge in [0.05, 0.1) is 17.1 Å². The molecular weight excluding hydrogens is 334 g/mol. The van der Waals surface area contributed by atoms with Crippen molar-refractivity contribution in [2.24, 2.45) is 0 Å². The first-order chi connectivity index (χ1) is 8.80. The second-order valence-corrected chi connectivity index (χ2v) is 7.77. The summed E-state index contributed by atoms with van der Waals surface area (Å²) in [7, 11) is -3.06. The monoisotopic (exact) mass is 347 g/mol. The number of sulfone groups is 1. The van der Waals surface area contributed by atoms with E-state index >= 15 is 0 Å². The molecule has 0 bridgehead atoms. The molecule has 1 aromatic carbocycles. The molecule has 1 unspecified atom stereocenters. The third-order valence-corrected chi connectivity index (χ3v) is 5.41. The summed E-state index contributed by atoms with van der Waals surface area (Å²) in [6, 6.07) is 4.25. The van der Waals surface area contributed by atoms with Crippen LogP contribution < -0.4 is 0 Å². The number of hydrogen-bond acceptors (Lipinski definition) is 4. The van der Waals surface area contributed by atoms with Crippen LogP contribution >= 0.6 is 15.9 Å². The predicted octanol–water partition coefficient (Wildman–Crippen LogP) is 1.41. The Labute approximate surface area is 120 Å². The summed E-state index contributed by atoms with van der Waals surface area (Å²) in [5.41, 5.74) is 0.189. The van der Waals surface area contributed by atoms with Crippen LogP contribution in [0.15, 0.2) is 22.7 Å². The minimum Gasteiger partial charge on any atom is -0.507 e. The molecule has 0 aliphatic carbocycles. The highest BCUT2D eigenvalue weighted by atomic mass is 79.9. The summed E-state index contributed by atoms with van der Waals surface area (Å²) < 4.78 is 23.6. The molecule has 2 rings (SSSR count). The summed E-state index contributed by atoms with van der Waals surface area (Å²) in [5.74, 6) is -0.511. The highest BCUT2D eigenvalue weighted by Gasteiger charge is 2.32. The van der Waals surface area contributed by atoms with Gasteiger partial charge in [0.2, 0.25) is 0 Å². The third kappa shape index (κ3) is 3.09. The zero-order valence-electron chi connectivity index (χ0n) is 10.3. The van der Waals surface area contributed by atoms with Crippen molar-refractivity contribution in [3.8, 4) is 5.75 Å². The van der Waals surface area contributed by atoms with E-state index in [1.165, 1.54) is 17.0 Å². The van der Waals surface area contributed by atoms with E-state index < -0.39 is 9.84 Å². The SMILES string of the molecule is CC1CS(=O)(=O)CCN1C(=O)c1ccc(Br)cc1O. The van der Waals surface area contributed by atoms with Crippen LogP contribution in [0.3, 0.4) is 0 Å². The van der Waals surface area contributed by atoms with Crippen LogP contribution in [0.2, 0.25) is 0 Å². The van der Waals surface area contributed by atoms with Crippen LogP contribution in [-0.2, 0) is 9.84 Å². The fraction of sp³-hybridized carbons (Fsp3) is 0.417. The van der Waals surface area contributed by atoms with Crippen molar-refractivity contribution in [3.05, 3.63) is 28.2 Å². The molecular formula is C12H14BrNO4S. The lowest BCUT2D eigenvalue weighted by Gasteiger charge is -2.33. The highest BCUT2D eigenvalue weighted by molar-refractivity contribution is 9.10. The molecule has 1 amide bonds. The van der Waals surface area contributed by atoms with Crippen LogP contribution in [-0.4, -0.2) is 48.4 Å². The first-order valence-corrected chi connectivity index (χ1v) is 8.41. The predicted molar refractivity (Wildman–Crippen MR) is 75.0 cm³/mol. The molecule has 7 heteroatoms. The largest absolute Gasteiger partial charge is 0.507 e. The Balaban J connectivity index is 2.25. The Morgan fingerprint density at radius 2 is 2.16 bits per heavy atom. The molecule has 1 aliphatic rings. The Kier molecular flexibility index (Phi) is 3.87. The number of hydrogen-bond donors (Lipinski definition) is 1. The van der Waals surface area contributed by atoms with E-state index in [9.17, 15) is 18.3 Å². The maximum Gasteiger partial charge on any atom is 0.257 e. The van der Waals surface area contributed by atoms with Crippen molar-refractivity contribution in [2.45, 2.75) is 13.0 Å². The Bertz CT molecular complexity index is 614. The van der Waals surface area contributed by atoms with Crippen molar-refractivity contribution in [1.29, 1.82) is 0 Å². The fourth-order valence-corrected chi connectivity index (χ4v) is 4.05. The Morgan fingerprint density at radius 1 is 1.47 bits per heavy atom. The Hall–Kier alpha value is -1.08. The second-order valence-electron chi connectivity index (χ2n) is 4.62. The summed E-state index contributed by atoms with van der Waals surface area (Å²) in [6.07, 6.45) is 0. The number of benzene rings is 1. The summed E-state index contributed by atoms with van der Waals surface area (Å²) >= 11 is 3.20. The minimum atomic E-state index is -3.06.